The molecule has 0 aliphatic rings. The minimum Gasteiger partial charge on any atom is -0.465 e. The average molecular weight is 1580 g/mol. The minimum atomic E-state index is -0.550. The molecule has 0 heterocycles. The maximum absolute atomic E-state index is 13.7. The molecular weight excluding hydrogens is 1500 g/mol. The molecular formula is C91H74N12O15. The molecule has 11 amide bonds. The van der Waals surface area contributed by atoms with Crippen LogP contribution in [-0.2, 0) is 4.74 Å². The average Bonchev–Trinajstić information content (AvgIpc) is 0.836. The van der Waals surface area contributed by atoms with Crippen molar-refractivity contribution in [1.29, 1.82) is 0 Å². The zero-order valence-electron chi connectivity index (χ0n) is 64.5. The van der Waals surface area contributed by atoms with Crippen molar-refractivity contribution in [3.05, 3.63) is 368 Å². The molecule has 0 radical (unpaired) electrons. The highest BCUT2D eigenvalue weighted by atomic mass is 16.6. The molecule has 0 saturated carbocycles. The van der Waals surface area contributed by atoms with Crippen LogP contribution in [0.15, 0.2) is 291 Å². The Morgan fingerprint density at radius 1 is 0.229 bits per heavy atom. The molecule has 12 aromatic carbocycles. The predicted octanol–water partition coefficient (Wildman–Crippen LogP) is 15.3. The van der Waals surface area contributed by atoms with Gasteiger partial charge >= 0.3 is 5.97 Å². The molecule has 0 unspecified atom stereocenters. The van der Waals surface area contributed by atoms with Crippen LogP contribution in [0.1, 0.15) is 124 Å². The molecule has 0 atom stereocenters. The van der Waals surface area contributed by atoms with Crippen molar-refractivity contribution in [1.82, 2.24) is 0 Å². The fraction of sp³-hybridized carbons (Fsp3) is 0.0769. The third-order valence-corrected chi connectivity index (χ3v) is 19.4. The molecule has 0 aliphatic carbocycles. The van der Waals surface area contributed by atoms with Crippen LogP contribution in [0.25, 0.3) is 0 Å². The van der Waals surface area contributed by atoms with E-state index in [2.05, 4.69) is 26.6 Å². The van der Waals surface area contributed by atoms with Gasteiger partial charge in [0.2, 0.25) is 0 Å². The molecule has 0 fully saturated rings. The maximum atomic E-state index is 13.7. The van der Waals surface area contributed by atoms with E-state index in [1.54, 1.807) is 309 Å². The number of nitrogens with zero attached hydrogens (tertiary/aromatic N) is 7. The van der Waals surface area contributed by atoms with Crippen LogP contribution in [-0.4, -0.2) is 125 Å². The van der Waals surface area contributed by atoms with Crippen LogP contribution in [0.2, 0.25) is 0 Å². The van der Waals surface area contributed by atoms with Gasteiger partial charge in [-0.05, 0) is 279 Å². The van der Waals surface area contributed by atoms with Crippen molar-refractivity contribution in [3.63, 3.8) is 0 Å². The second-order valence-electron chi connectivity index (χ2n) is 26.9. The van der Waals surface area contributed by atoms with E-state index in [9.17, 15) is 67.6 Å². The molecule has 0 spiro atoms. The highest BCUT2D eigenvalue weighted by Crippen LogP contribution is 2.28. The molecule has 588 valence electrons. The number of rotatable bonds is 24. The van der Waals surface area contributed by atoms with Gasteiger partial charge in [0.15, 0.2) is 0 Å². The second kappa shape index (κ2) is 36.0. The van der Waals surface area contributed by atoms with Gasteiger partial charge in [0, 0.05) is 178 Å². The maximum Gasteiger partial charge on any atom is 0.337 e. The standard InChI is InChI=1S/C91H74N12O15/c1-97(86(110)62-10-34-69(35-11-62)93-82(106)58-22-46-75(47-23-58)99(3)88(112)64-14-38-71(39-15-64)95-84(108)60-26-50-77(51-27-60)101(5)90(114)66-28-54-79(55-29-66)103(116)117)73-42-18-56(19-43-73)80(104)92-68-32-8-61(9-33-68)85(109)98(2)74-44-20-57(21-45-74)81(105)94-70-36-12-63(13-37-70)87(111)100(4)76-48-24-59(25-49-76)83(107)96-72-40-16-65(17-41-72)89(113)102(6)78-52-30-67(31-53-78)91(115)118-7/h8-55H,1-7H3,(H,92,104)(H,93,106)(H,94,105)(H,95,108)(H,96,107). The van der Waals surface area contributed by atoms with Crippen molar-refractivity contribution in [2.75, 3.05) is 105 Å². The Morgan fingerprint density at radius 2 is 0.373 bits per heavy atom. The zero-order chi connectivity index (χ0) is 84.0. The summed E-state index contributed by atoms with van der Waals surface area (Å²) in [6.07, 6.45) is 0. The third kappa shape index (κ3) is 19.1. The Bertz CT molecular complexity index is 5840. The van der Waals surface area contributed by atoms with E-state index < -0.39 is 46.3 Å². The van der Waals surface area contributed by atoms with Gasteiger partial charge in [-0.15, -0.1) is 0 Å². The van der Waals surface area contributed by atoms with E-state index in [1.165, 1.54) is 60.8 Å². The summed E-state index contributed by atoms with van der Waals surface area (Å²) in [5.74, 6) is -4.74. The smallest absolute Gasteiger partial charge is 0.337 e. The summed E-state index contributed by atoms with van der Waals surface area (Å²) in [6, 6.07) is 75.4. The van der Waals surface area contributed by atoms with Crippen molar-refractivity contribution in [2.24, 2.45) is 0 Å². The van der Waals surface area contributed by atoms with E-state index in [0.717, 1.165) is 0 Å². The molecule has 118 heavy (non-hydrogen) atoms. The normalized spacial score (nSPS) is 10.6. The van der Waals surface area contributed by atoms with Crippen LogP contribution in [0, 0.1) is 10.1 Å². The molecule has 27 nitrogen and oxygen atoms in total. The van der Waals surface area contributed by atoms with E-state index in [-0.39, 0.29) is 40.8 Å². The first-order chi connectivity index (χ1) is 56.7. The summed E-state index contributed by atoms with van der Waals surface area (Å²) in [4.78, 5) is 178. The van der Waals surface area contributed by atoms with Crippen molar-refractivity contribution < 1.29 is 67.2 Å². The number of non-ortho nitro benzene ring substituents is 1. The first-order valence-corrected chi connectivity index (χ1v) is 36.4. The Hall–Kier alpha value is -16.3. The summed E-state index contributed by atoms with van der Waals surface area (Å²) in [5, 5.41) is 25.1. The highest BCUT2D eigenvalue weighted by Gasteiger charge is 2.24. The number of ether oxygens (including phenoxy) is 1. The number of carbonyl (C=O) groups excluding carboxylic acids is 12. The van der Waals surface area contributed by atoms with Crippen LogP contribution in [0.5, 0.6) is 0 Å². The van der Waals surface area contributed by atoms with Gasteiger partial charge in [0.25, 0.3) is 70.7 Å². The number of nitro groups is 1. The minimum absolute atomic E-state index is 0.137. The summed E-state index contributed by atoms with van der Waals surface area (Å²) >= 11 is 0. The number of hydrogen-bond acceptors (Lipinski definition) is 15. The van der Waals surface area contributed by atoms with E-state index >= 15 is 0 Å². The largest absolute Gasteiger partial charge is 0.465 e. The molecule has 0 saturated heterocycles. The summed E-state index contributed by atoms with van der Waals surface area (Å²) in [5.41, 5.74) is 8.92. The molecule has 0 aliphatic heterocycles. The van der Waals surface area contributed by atoms with Crippen molar-refractivity contribution in [2.45, 2.75) is 0 Å². The van der Waals surface area contributed by atoms with Gasteiger partial charge in [0.05, 0.1) is 17.6 Å². The van der Waals surface area contributed by atoms with Crippen molar-refractivity contribution in [3.8, 4) is 0 Å². The topological polar surface area (TPSA) is 337 Å². The lowest BCUT2D eigenvalue weighted by Crippen LogP contribution is -2.26. The fourth-order valence-corrected chi connectivity index (χ4v) is 12.2. The summed E-state index contributed by atoms with van der Waals surface area (Å²) in [6.45, 7) is 0. The number of esters is 1. The molecule has 27 heteroatoms. The number of carbonyl (C=O) groups is 12. The SMILES string of the molecule is COC(=O)c1ccc(N(C)C(=O)c2ccc(NC(=O)c3ccc(N(C)C(=O)c4ccc(NC(=O)c5ccc(N(C)C(=O)c6ccc(NC(=O)c7ccc(N(C)C(=O)c8ccc(NC(=O)c9ccc(N(C)C(=O)c%10ccc(NC(=O)c%11ccc(N(C)C(=O)c%12ccc([N+](=O)[O-])cc%12)cc%11)cc%10)cc9)cc8)cc7)cc6)cc5)cc4)cc3)cc2)cc1. The van der Waals surface area contributed by atoms with E-state index in [1.807, 2.05) is 0 Å². The number of hydrogen-bond donors (Lipinski definition) is 5. The monoisotopic (exact) mass is 1570 g/mol. The lowest BCUT2D eigenvalue weighted by Gasteiger charge is -2.19. The molecule has 12 aromatic rings. The quantitative estimate of drug-likeness (QED) is 0.0213. The van der Waals surface area contributed by atoms with Gasteiger partial charge in [-0.2, -0.15) is 0 Å². The molecule has 5 N–H and O–H groups in total. The number of anilines is 11. The summed E-state index contributed by atoms with van der Waals surface area (Å²) < 4.78 is 4.74. The van der Waals surface area contributed by atoms with Crippen molar-refractivity contribution >= 4 is 139 Å². The lowest BCUT2D eigenvalue weighted by molar-refractivity contribution is -0.384. The molecule has 12 rings (SSSR count). The van der Waals surface area contributed by atoms with E-state index in [4.69, 9.17) is 4.74 Å². The fourth-order valence-electron chi connectivity index (χ4n) is 12.2. The number of amides is 11. The highest BCUT2D eigenvalue weighted by molar-refractivity contribution is 6.14. The second-order valence-corrected chi connectivity index (χ2v) is 26.9. The van der Waals surface area contributed by atoms with Gasteiger partial charge < -0.3 is 60.7 Å². The van der Waals surface area contributed by atoms with Gasteiger partial charge in [-0.1, -0.05) is 0 Å². The van der Waals surface area contributed by atoms with Crippen LogP contribution in [0.3, 0.4) is 0 Å². The number of methoxy groups -OCH3 is 1. The van der Waals surface area contributed by atoms with Crippen LogP contribution >= 0.6 is 0 Å². The summed E-state index contributed by atoms with van der Waals surface area (Å²) in [7, 11) is 10.8. The lowest BCUT2D eigenvalue weighted by atomic mass is 10.1. The van der Waals surface area contributed by atoms with Gasteiger partial charge in [-0.25, -0.2) is 4.79 Å². The number of nitro benzene ring substituents is 1. The Morgan fingerprint density at radius 3 is 0.525 bits per heavy atom. The third-order valence-electron chi connectivity index (χ3n) is 19.4. The number of nitrogens with one attached hydrogen (secondary N) is 5. The molecule has 0 aromatic heterocycles. The first-order valence-electron chi connectivity index (χ1n) is 36.4. The Kier molecular flexibility index (Phi) is 24.8. The zero-order valence-corrected chi connectivity index (χ0v) is 64.5. The number of benzene rings is 12. The Balaban J connectivity index is 0.547. The Labute approximate surface area is 676 Å². The predicted molar refractivity (Wildman–Crippen MR) is 451 cm³/mol. The molecule has 0 bridgehead atoms. The van der Waals surface area contributed by atoms with Crippen LogP contribution < -0.4 is 56.0 Å². The van der Waals surface area contributed by atoms with Gasteiger partial charge in [-0.3, -0.25) is 62.9 Å². The van der Waals surface area contributed by atoms with Gasteiger partial charge in [0.1, 0.15) is 0 Å². The van der Waals surface area contributed by atoms with E-state index in [0.29, 0.717) is 124 Å². The first kappa shape index (κ1) is 81.2. The van der Waals surface area contributed by atoms with Crippen LogP contribution in [0.4, 0.5) is 68.2 Å².